The van der Waals surface area contributed by atoms with Crippen molar-refractivity contribution in [1.29, 1.82) is 0 Å². The van der Waals surface area contributed by atoms with Gasteiger partial charge in [0.05, 0.1) is 13.2 Å². The van der Waals surface area contributed by atoms with Crippen LogP contribution in [0.1, 0.15) is 5.56 Å². The average Bonchev–Trinajstić information content (AvgIpc) is 2.31. The van der Waals surface area contributed by atoms with Crippen molar-refractivity contribution in [3.8, 4) is 0 Å². The fourth-order valence-electron chi connectivity index (χ4n) is 1.91. The van der Waals surface area contributed by atoms with Gasteiger partial charge in [0.15, 0.2) is 0 Å². The van der Waals surface area contributed by atoms with Gasteiger partial charge < -0.3 is 15.4 Å². The molecule has 1 aromatic carbocycles. The van der Waals surface area contributed by atoms with E-state index in [1.165, 1.54) is 0 Å². The first-order valence-corrected chi connectivity index (χ1v) is 5.31. The topological polar surface area (TPSA) is 67.9 Å². The van der Waals surface area contributed by atoms with Gasteiger partial charge >= 0.3 is 0 Å². The first-order chi connectivity index (χ1) is 7.81. The molecule has 5 nitrogen and oxygen atoms in total. The van der Waals surface area contributed by atoms with E-state index < -0.39 is 0 Å². The molecule has 0 aliphatic carbocycles. The summed E-state index contributed by atoms with van der Waals surface area (Å²) in [5.74, 6) is 0. The van der Waals surface area contributed by atoms with E-state index in [0.717, 1.165) is 37.6 Å². The summed E-state index contributed by atoms with van der Waals surface area (Å²) in [4.78, 5) is 12.6. The lowest BCUT2D eigenvalue weighted by molar-refractivity contribution is 0.122. The first kappa shape index (κ1) is 10.9. The molecule has 16 heavy (non-hydrogen) atoms. The van der Waals surface area contributed by atoms with Crippen molar-refractivity contribution in [3.05, 3.63) is 28.7 Å². The Morgan fingerprint density at radius 3 is 2.81 bits per heavy atom. The molecule has 1 saturated heterocycles. The molecule has 1 aliphatic rings. The Hall–Kier alpha value is -1.62. The molecule has 0 spiro atoms. The molecule has 2 N–H and O–H groups in total. The van der Waals surface area contributed by atoms with Crippen LogP contribution in [0.5, 0.6) is 0 Å². The molecule has 1 heterocycles. The molecule has 5 heteroatoms. The number of benzene rings is 1. The van der Waals surface area contributed by atoms with Gasteiger partial charge in [0.1, 0.15) is 6.54 Å². The van der Waals surface area contributed by atoms with E-state index in [1.807, 2.05) is 18.2 Å². The Balaban J connectivity index is 2.26. The minimum Gasteiger partial charge on any atom is -0.399 e. The van der Waals surface area contributed by atoms with E-state index in [0.29, 0.717) is 5.69 Å². The van der Waals surface area contributed by atoms with Crippen LogP contribution in [0.3, 0.4) is 0 Å². The van der Waals surface area contributed by atoms with Crippen LogP contribution in [0, 0.1) is 4.91 Å². The van der Waals surface area contributed by atoms with Crippen LogP contribution in [0.25, 0.3) is 0 Å². The highest BCUT2D eigenvalue weighted by Crippen LogP contribution is 2.24. The first-order valence-electron chi connectivity index (χ1n) is 5.31. The molecule has 0 unspecified atom stereocenters. The number of nitroso groups, excluding NO2 is 1. The zero-order valence-corrected chi connectivity index (χ0v) is 9.06. The number of ether oxygens (including phenoxy) is 1. The highest BCUT2D eigenvalue weighted by atomic mass is 16.5. The van der Waals surface area contributed by atoms with Crippen LogP contribution in [-0.2, 0) is 11.3 Å². The maximum absolute atomic E-state index is 10.4. The normalized spacial score (nSPS) is 16.1. The van der Waals surface area contributed by atoms with E-state index in [4.69, 9.17) is 10.5 Å². The van der Waals surface area contributed by atoms with Gasteiger partial charge in [-0.05, 0) is 18.2 Å². The van der Waals surface area contributed by atoms with Crippen LogP contribution in [0.4, 0.5) is 11.4 Å². The Bertz CT molecular complexity index is 375. The van der Waals surface area contributed by atoms with Crippen molar-refractivity contribution in [2.45, 2.75) is 6.54 Å². The molecule has 0 radical (unpaired) electrons. The van der Waals surface area contributed by atoms with Crippen LogP contribution < -0.4 is 10.6 Å². The third kappa shape index (κ3) is 2.30. The van der Waals surface area contributed by atoms with E-state index >= 15 is 0 Å². The Kier molecular flexibility index (Phi) is 3.36. The molecular weight excluding hydrogens is 206 g/mol. The summed E-state index contributed by atoms with van der Waals surface area (Å²) in [6, 6.07) is 5.60. The largest absolute Gasteiger partial charge is 0.399 e. The maximum Gasteiger partial charge on any atom is 0.108 e. The van der Waals surface area contributed by atoms with Crippen molar-refractivity contribution in [2.24, 2.45) is 5.18 Å². The van der Waals surface area contributed by atoms with Crippen LogP contribution >= 0.6 is 0 Å². The molecule has 0 amide bonds. The summed E-state index contributed by atoms with van der Waals surface area (Å²) in [5.41, 5.74) is 8.29. The fraction of sp³-hybridized carbons (Fsp3) is 0.455. The van der Waals surface area contributed by atoms with E-state index in [1.54, 1.807) is 0 Å². The lowest BCUT2D eigenvalue weighted by atomic mass is 10.1. The minimum atomic E-state index is 0.164. The molecule has 0 aromatic heterocycles. The Labute approximate surface area is 94.2 Å². The number of hydrogen-bond acceptors (Lipinski definition) is 5. The average molecular weight is 221 g/mol. The third-order valence-electron chi connectivity index (χ3n) is 2.69. The molecule has 1 aromatic rings. The smallest absolute Gasteiger partial charge is 0.108 e. The zero-order chi connectivity index (χ0) is 11.4. The predicted molar refractivity (Wildman–Crippen MR) is 63.4 cm³/mol. The molecule has 0 saturated carbocycles. The summed E-state index contributed by atoms with van der Waals surface area (Å²) in [7, 11) is 0. The predicted octanol–water partition coefficient (Wildman–Crippen LogP) is 1.37. The van der Waals surface area contributed by atoms with Gasteiger partial charge in [-0.25, -0.2) is 0 Å². The highest BCUT2D eigenvalue weighted by molar-refractivity contribution is 5.60. The van der Waals surface area contributed by atoms with Crippen molar-refractivity contribution in [3.63, 3.8) is 0 Å². The van der Waals surface area contributed by atoms with E-state index in [-0.39, 0.29) is 6.54 Å². The minimum absolute atomic E-state index is 0.164. The van der Waals surface area contributed by atoms with E-state index in [9.17, 15) is 4.91 Å². The lowest BCUT2D eigenvalue weighted by Gasteiger charge is -2.30. The number of nitrogens with two attached hydrogens (primary N) is 1. The summed E-state index contributed by atoms with van der Waals surface area (Å²) in [6.45, 7) is 3.29. The SMILES string of the molecule is Nc1ccc(N2CCOCC2)c(CN=O)c1. The number of nitrogen functional groups attached to an aromatic ring is 1. The van der Waals surface area contributed by atoms with Crippen LogP contribution in [0.2, 0.25) is 0 Å². The van der Waals surface area contributed by atoms with Crippen molar-refractivity contribution >= 4 is 11.4 Å². The van der Waals surface area contributed by atoms with Gasteiger partial charge in [0.25, 0.3) is 0 Å². The Morgan fingerprint density at radius 1 is 1.38 bits per heavy atom. The quantitative estimate of drug-likeness (QED) is 0.618. The zero-order valence-electron chi connectivity index (χ0n) is 9.06. The van der Waals surface area contributed by atoms with Crippen molar-refractivity contribution in [1.82, 2.24) is 0 Å². The van der Waals surface area contributed by atoms with Gasteiger partial charge in [-0.2, -0.15) is 4.91 Å². The number of nitrogens with zero attached hydrogens (tertiary/aromatic N) is 2. The maximum atomic E-state index is 10.4. The fourth-order valence-corrected chi connectivity index (χ4v) is 1.91. The second-order valence-corrected chi connectivity index (χ2v) is 3.77. The third-order valence-corrected chi connectivity index (χ3v) is 2.69. The monoisotopic (exact) mass is 221 g/mol. The van der Waals surface area contributed by atoms with Gasteiger partial charge in [-0.3, -0.25) is 0 Å². The summed E-state index contributed by atoms with van der Waals surface area (Å²) < 4.78 is 5.29. The van der Waals surface area contributed by atoms with Gasteiger partial charge in [-0.1, -0.05) is 5.18 Å². The number of morpholine rings is 1. The number of hydrogen-bond donors (Lipinski definition) is 1. The van der Waals surface area contributed by atoms with E-state index in [2.05, 4.69) is 10.1 Å². The van der Waals surface area contributed by atoms with Crippen LogP contribution in [0.15, 0.2) is 23.4 Å². The van der Waals surface area contributed by atoms with Gasteiger partial charge in [-0.15, -0.1) is 0 Å². The molecule has 1 aliphatic heterocycles. The van der Waals surface area contributed by atoms with Gasteiger partial charge in [0, 0.05) is 30.0 Å². The van der Waals surface area contributed by atoms with Gasteiger partial charge in [0.2, 0.25) is 0 Å². The second-order valence-electron chi connectivity index (χ2n) is 3.77. The highest BCUT2D eigenvalue weighted by Gasteiger charge is 2.14. The number of anilines is 2. The lowest BCUT2D eigenvalue weighted by Crippen LogP contribution is -2.36. The molecule has 2 rings (SSSR count). The van der Waals surface area contributed by atoms with Crippen molar-refractivity contribution < 1.29 is 4.74 Å². The number of rotatable bonds is 3. The molecule has 1 fully saturated rings. The molecule has 86 valence electrons. The molecule has 0 bridgehead atoms. The standard InChI is InChI=1S/C11H15N3O2/c12-10-1-2-11(9(7-10)8-13-15)14-3-5-16-6-4-14/h1-2,7H,3-6,8,12H2. The van der Waals surface area contributed by atoms with Crippen molar-refractivity contribution in [2.75, 3.05) is 36.9 Å². The molecular formula is C11H15N3O2. The van der Waals surface area contributed by atoms with Crippen LogP contribution in [-0.4, -0.2) is 26.3 Å². The second kappa shape index (κ2) is 4.94. The summed E-state index contributed by atoms with van der Waals surface area (Å²) in [5, 5.41) is 2.94. The Morgan fingerprint density at radius 2 is 2.12 bits per heavy atom. The molecule has 0 atom stereocenters. The summed E-state index contributed by atoms with van der Waals surface area (Å²) in [6.07, 6.45) is 0. The summed E-state index contributed by atoms with van der Waals surface area (Å²) >= 11 is 0.